The van der Waals surface area contributed by atoms with Crippen LogP contribution in [0, 0.1) is 17.0 Å². The number of hydrogen-bond acceptors (Lipinski definition) is 9. The highest BCUT2D eigenvalue weighted by molar-refractivity contribution is 5.63. The van der Waals surface area contributed by atoms with Gasteiger partial charge in [0.15, 0.2) is 0 Å². The third kappa shape index (κ3) is 2.61. The number of aryl methyl sites for hydroxylation is 1. The van der Waals surface area contributed by atoms with Crippen molar-refractivity contribution in [2.45, 2.75) is 13.0 Å². The number of nitro groups is 1. The van der Waals surface area contributed by atoms with Gasteiger partial charge in [-0.3, -0.25) is 15.5 Å². The van der Waals surface area contributed by atoms with Gasteiger partial charge in [-0.05, 0) is 6.92 Å². The van der Waals surface area contributed by atoms with Gasteiger partial charge in [0.25, 0.3) is 0 Å². The van der Waals surface area contributed by atoms with Gasteiger partial charge in [0, 0.05) is 6.54 Å². The Morgan fingerprint density at radius 3 is 3.00 bits per heavy atom. The molecule has 1 aliphatic rings. The number of hydrazine groups is 1. The van der Waals surface area contributed by atoms with E-state index in [2.05, 4.69) is 15.4 Å². The van der Waals surface area contributed by atoms with Gasteiger partial charge in [0.1, 0.15) is 5.69 Å². The van der Waals surface area contributed by atoms with Gasteiger partial charge in [-0.25, -0.2) is 10.8 Å². The molecule has 1 aliphatic heterocycles. The monoisotopic (exact) mass is 284 g/mol. The van der Waals surface area contributed by atoms with Crippen LogP contribution in [0.15, 0.2) is 0 Å². The van der Waals surface area contributed by atoms with Gasteiger partial charge >= 0.3 is 5.69 Å². The van der Waals surface area contributed by atoms with Crippen LogP contribution in [0.4, 0.5) is 17.5 Å². The molecule has 0 amide bonds. The predicted octanol–water partition coefficient (Wildman–Crippen LogP) is -0.824. The second kappa shape index (κ2) is 5.94. The maximum atomic E-state index is 11.2. The van der Waals surface area contributed by atoms with E-state index in [0.717, 1.165) is 0 Å². The maximum Gasteiger partial charge on any atom is 0.332 e. The molecule has 2 heterocycles. The third-order valence-corrected chi connectivity index (χ3v) is 3.06. The van der Waals surface area contributed by atoms with Crippen molar-refractivity contribution in [2.75, 3.05) is 36.7 Å². The summed E-state index contributed by atoms with van der Waals surface area (Å²) in [7, 11) is 0. The Morgan fingerprint density at radius 2 is 2.40 bits per heavy atom. The molecular formula is C10H16N6O4. The summed E-state index contributed by atoms with van der Waals surface area (Å²) in [4.78, 5) is 20.3. The van der Waals surface area contributed by atoms with E-state index in [9.17, 15) is 15.2 Å². The number of nitrogens with one attached hydrogen (secondary N) is 1. The highest BCUT2D eigenvalue weighted by Crippen LogP contribution is 2.31. The maximum absolute atomic E-state index is 11.2. The van der Waals surface area contributed by atoms with Crippen LogP contribution >= 0.6 is 0 Å². The Kier molecular flexibility index (Phi) is 4.27. The first-order valence-electron chi connectivity index (χ1n) is 6.03. The van der Waals surface area contributed by atoms with Crippen LogP contribution in [0.25, 0.3) is 0 Å². The van der Waals surface area contributed by atoms with Crippen LogP contribution in [0.1, 0.15) is 5.69 Å². The highest BCUT2D eigenvalue weighted by atomic mass is 16.6. The molecule has 1 unspecified atom stereocenters. The molecule has 1 aromatic heterocycles. The van der Waals surface area contributed by atoms with Gasteiger partial charge in [-0.2, -0.15) is 4.98 Å². The summed E-state index contributed by atoms with van der Waals surface area (Å²) < 4.78 is 5.26. The molecule has 1 fully saturated rings. The number of aliphatic hydroxyl groups is 1. The first-order valence-corrected chi connectivity index (χ1v) is 6.03. The zero-order chi connectivity index (χ0) is 14.7. The van der Waals surface area contributed by atoms with Crippen molar-refractivity contribution in [3.05, 3.63) is 15.8 Å². The second-order valence-electron chi connectivity index (χ2n) is 4.31. The number of hydrogen-bond donors (Lipinski definition) is 3. The average molecular weight is 284 g/mol. The van der Waals surface area contributed by atoms with Crippen LogP contribution in [-0.2, 0) is 4.74 Å². The van der Waals surface area contributed by atoms with Gasteiger partial charge in [0.2, 0.25) is 11.8 Å². The lowest BCUT2D eigenvalue weighted by molar-refractivity contribution is -0.385. The zero-order valence-electron chi connectivity index (χ0n) is 10.9. The largest absolute Gasteiger partial charge is 0.394 e. The molecule has 0 radical (unpaired) electrons. The average Bonchev–Trinajstić information content (AvgIpc) is 2.45. The number of nitrogen functional groups attached to an aromatic ring is 1. The van der Waals surface area contributed by atoms with Crippen LogP contribution in [0.3, 0.4) is 0 Å². The van der Waals surface area contributed by atoms with E-state index < -0.39 is 4.92 Å². The molecule has 1 saturated heterocycles. The topological polar surface area (TPSA) is 140 Å². The van der Waals surface area contributed by atoms with Crippen molar-refractivity contribution in [3.8, 4) is 0 Å². The van der Waals surface area contributed by atoms with Gasteiger partial charge in [0.05, 0.1) is 30.8 Å². The zero-order valence-corrected chi connectivity index (χ0v) is 10.9. The van der Waals surface area contributed by atoms with E-state index in [1.165, 1.54) is 6.92 Å². The minimum absolute atomic E-state index is 0.0891. The predicted molar refractivity (Wildman–Crippen MR) is 70.3 cm³/mol. The first-order chi connectivity index (χ1) is 9.58. The molecule has 20 heavy (non-hydrogen) atoms. The molecule has 110 valence electrons. The van der Waals surface area contributed by atoms with Crippen molar-refractivity contribution in [1.29, 1.82) is 0 Å². The Hall–Kier alpha value is -2.04. The summed E-state index contributed by atoms with van der Waals surface area (Å²) in [5.41, 5.74) is 2.30. The Bertz CT molecular complexity index is 511. The van der Waals surface area contributed by atoms with Crippen LogP contribution in [-0.4, -0.2) is 52.4 Å². The summed E-state index contributed by atoms with van der Waals surface area (Å²) in [6.45, 7) is 2.40. The lowest BCUT2D eigenvalue weighted by atomic mass is 10.2. The molecule has 0 saturated carbocycles. The smallest absolute Gasteiger partial charge is 0.332 e. The second-order valence-corrected chi connectivity index (χ2v) is 4.31. The van der Waals surface area contributed by atoms with Crippen molar-refractivity contribution in [3.63, 3.8) is 0 Å². The number of rotatable bonds is 4. The number of ether oxygens (including phenoxy) is 1. The minimum Gasteiger partial charge on any atom is -0.394 e. The lowest BCUT2D eigenvalue weighted by Crippen LogP contribution is -2.48. The Morgan fingerprint density at radius 1 is 1.65 bits per heavy atom. The number of nitrogens with two attached hydrogens (primary N) is 1. The SMILES string of the molecule is Cc1nc(NN)nc(N2CCOCC2CO)c1[N+](=O)[O-]. The molecular weight excluding hydrogens is 268 g/mol. The molecule has 0 bridgehead atoms. The molecule has 1 aromatic rings. The molecule has 4 N–H and O–H groups in total. The van der Waals surface area contributed by atoms with E-state index >= 15 is 0 Å². The van der Waals surface area contributed by atoms with Crippen LogP contribution in [0.2, 0.25) is 0 Å². The number of aromatic nitrogens is 2. The van der Waals surface area contributed by atoms with Crippen molar-refractivity contribution in [2.24, 2.45) is 5.84 Å². The van der Waals surface area contributed by atoms with Gasteiger partial charge in [-0.1, -0.05) is 0 Å². The minimum atomic E-state index is -0.533. The third-order valence-electron chi connectivity index (χ3n) is 3.06. The quantitative estimate of drug-likeness (QED) is 0.367. The Labute approximate surface area is 114 Å². The number of aliphatic hydroxyl groups excluding tert-OH is 1. The standard InChI is InChI=1S/C10H16N6O4/c1-6-8(16(18)19)9(13-10(12-6)14-11)15-2-3-20-5-7(15)4-17/h7,17H,2-5,11H2,1H3,(H,12,13,14). The van der Waals surface area contributed by atoms with Gasteiger partial charge < -0.3 is 14.7 Å². The van der Waals surface area contributed by atoms with E-state index in [1.54, 1.807) is 4.90 Å². The summed E-state index contributed by atoms with van der Waals surface area (Å²) in [6, 6.07) is -0.387. The van der Waals surface area contributed by atoms with Crippen molar-refractivity contribution >= 4 is 17.5 Å². The summed E-state index contributed by atoms with van der Waals surface area (Å²) in [6.07, 6.45) is 0. The van der Waals surface area contributed by atoms with E-state index in [0.29, 0.717) is 13.2 Å². The number of anilines is 2. The molecule has 0 aromatic carbocycles. The van der Waals surface area contributed by atoms with Crippen molar-refractivity contribution < 1.29 is 14.8 Å². The molecule has 10 nitrogen and oxygen atoms in total. The fourth-order valence-electron chi connectivity index (χ4n) is 2.12. The molecule has 2 rings (SSSR count). The van der Waals surface area contributed by atoms with E-state index in [1.807, 2.05) is 0 Å². The number of morpholine rings is 1. The summed E-state index contributed by atoms with van der Waals surface area (Å²) in [5, 5.41) is 20.6. The number of nitrogens with zero attached hydrogens (tertiary/aromatic N) is 4. The van der Waals surface area contributed by atoms with E-state index in [4.69, 9.17) is 10.6 Å². The Balaban J connectivity index is 2.51. The fourth-order valence-corrected chi connectivity index (χ4v) is 2.12. The van der Waals surface area contributed by atoms with Crippen LogP contribution < -0.4 is 16.2 Å². The molecule has 0 aliphatic carbocycles. The first kappa shape index (κ1) is 14.4. The highest BCUT2D eigenvalue weighted by Gasteiger charge is 2.32. The fraction of sp³-hybridized carbons (Fsp3) is 0.600. The molecule has 0 spiro atoms. The molecule has 10 heteroatoms. The summed E-state index contributed by atoms with van der Waals surface area (Å²) in [5.74, 6) is 5.50. The molecule has 1 atom stereocenters. The normalized spacial score (nSPS) is 18.9. The summed E-state index contributed by atoms with van der Waals surface area (Å²) >= 11 is 0. The van der Waals surface area contributed by atoms with Crippen LogP contribution in [0.5, 0.6) is 0 Å². The lowest BCUT2D eigenvalue weighted by Gasteiger charge is -2.35. The van der Waals surface area contributed by atoms with E-state index in [-0.39, 0.29) is 42.4 Å². The van der Waals surface area contributed by atoms with Gasteiger partial charge in [-0.15, -0.1) is 0 Å². The van der Waals surface area contributed by atoms with Crippen molar-refractivity contribution in [1.82, 2.24) is 9.97 Å².